The first-order chi connectivity index (χ1) is 10.4. The molecule has 1 aromatic carbocycles. The van der Waals surface area contributed by atoms with Crippen LogP contribution < -0.4 is 0 Å². The zero-order valence-corrected chi connectivity index (χ0v) is 13.3. The van der Waals surface area contributed by atoms with Crippen molar-refractivity contribution in [3.05, 3.63) is 58.2 Å². The number of nitrogens with zero attached hydrogens (tertiary/aromatic N) is 4. The van der Waals surface area contributed by atoms with Gasteiger partial charge in [0.25, 0.3) is 10.9 Å². The van der Waals surface area contributed by atoms with Crippen molar-refractivity contribution in [3.8, 4) is 0 Å². The van der Waals surface area contributed by atoms with Crippen molar-refractivity contribution in [2.75, 3.05) is 14.1 Å². The number of benzene rings is 1. The molecule has 1 aromatic heterocycles. The lowest BCUT2D eigenvalue weighted by Crippen LogP contribution is -2.19. The minimum atomic E-state index is -0.545. The lowest BCUT2D eigenvalue weighted by Gasteiger charge is -2.18. The molecule has 1 unspecified atom stereocenters. The summed E-state index contributed by atoms with van der Waals surface area (Å²) in [5, 5.41) is 10.5. The minimum absolute atomic E-state index is 0.0189. The van der Waals surface area contributed by atoms with Crippen LogP contribution in [0.25, 0.3) is 0 Å². The van der Waals surface area contributed by atoms with E-state index in [1.54, 1.807) is 56.3 Å². The lowest BCUT2D eigenvalue weighted by atomic mass is 10.1. The smallest absolute Gasteiger partial charge is 0.282 e. The van der Waals surface area contributed by atoms with Crippen molar-refractivity contribution in [1.29, 1.82) is 0 Å². The number of rotatable bonds is 4. The maximum atomic E-state index is 12.1. The van der Waals surface area contributed by atoms with Gasteiger partial charge in [-0.1, -0.05) is 18.2 Å². The molecule has 0 saturated carbocycles. The average molecular weight is 320 g/mol. The number of amides is 1. The number of para-hydroxylation sites is 1. The molecule has 116 valence electrons. The van der Waals surface area contributed by atoms with Crippen LogP contribution in [0.1, 0.15) is 16.6 Å². The molecule has 0 N–H and O–H groups in total. The summed E-state index contributed by atoms with van der Waals surface area (Å²) < 4.78 is 1.76. The van der Waals surface area contributed by atoms with E-state index < -0.39 is 10.2 Å². The molecule has 0 aliphatic rings. The van der Waals surface area contributed by atoms with E-state index in [2.05, 4.69) is 4.98 Å². The molecule has 8 heteroatoms. The van der Waals surface area contributed by atoms with Gasteiger partial charge in [-0.15, -0.1) is 0 Å². The zero-order valence-electron chi connectivity index (χ0n) is 12.5. The molecule has 22 heavy (non-hydrogen) atoms. The first kappa shape index (κ1) is 16.0. The molecule has 0 aliphatic heterocycles. The third kappa shape index (κ3) is 3.28. The number of aromatic nitrogens is 2. The highest BCUT2D eigenvalue weighted by Crippen LogP contribution is 2.39. The van der Waals surface area contributed by atoms with Gasteiger partial charge >= 0.3 is 0 Å². The third-order valence-corrected chi connectivity index (χ3v) is 4.36. The van der Waals surface area contributed by atoms with E-state index in [0.717, 1.165) is 11.8 Å². The third-order valence-electron chi connectivity index (χ3n) is 3.09. The Balaban J connectivity index is 2.52. The van der Waals surface area contributed by atoms with Gasteiger partial charge in [0.15, 0.2) is 0 Å². The standard InChI is InChI=1S/C14H16N4O3S/c1-16(2)14(19)22-12(13-15-8-9-17(13)3)10-6-4-5-7-11(10)18(20)21/h4-9,12H,1-3H3. The maximum Gasteiger partial charge on any atom is 0.282 e. The number of hydrogen-bond donors (Lipinski definition) is 0. The Morgan fingerprint density at radius 1 is 1.41 bits per heavy atom. The highest BCUT2D eigenvalue weighted by Gasteiger charge is 2.29. The predicted octanol–water partition coefficient (Wildman–Crippen LogP) is 2.83. The molecule has 7 nitrogen and oxygen atoms in total. The Labute approximate surface area is 132 Å². The summed E-state index contributed by atoms with van der Waals surface area (Å²) in [5.41, 5.74) is 0.441. The second-order valence-electron chi connectivity index (χ2n) is 4.87. The van der Waals surface area contributed by atoms with Crippen molar-refractivity contribution in [3.63, 3.8) is 0 Å². The molecule has 0 fully saturated rings. The predicted molar refractivity (Wildman–Crippen MR) is 84.8 cm³/mol. The molecule has 1 amide bonds. The first-order valence-electron chi connectivity index (χ1n) is 6.50. The second kappa shape index (κ2) is 6.61. The van der Waals surface area contributed by atoms with Gasteiger partial charge in [0.1, 0.15) is 11.1 Å². The molecule has 2 rings (SSSR count). The van der Waals surface area contributed by atoms with E-state index in [4.69, 9.17) is 0 Å². The van der Waals surface area contributed by atoms with Crippen molar-refractivity contribution in [2.45, 2.75) is 5.25 Å². The van der Waals surface area contributed by atoms with Crippen molar-refractivity contribution >= 4 is 22.7 Å². The van der Waals surface area contributed by atoms with Crippen molar-refractivity contribution in [1.82, 2.24) is 14.5 Å². The van der Waals surface area contributed by atoms with Gasteiger partial charge < -0.3 is 9.47 Å². The van der Waals surface area contributed by atoms with Gasteiger partial charge in [-0.25, -0.2) is 4.98 Å². The molecule has 0 saturated heterocycles. The van der Waals surface area contributed by atoms with Crippen LogP contribution in [0.4, 0.5) is 10.5 Å². The van der Waals surface area contributed by atoms with Crippen molar-refractivity contribution < 1.29 is 9.72 Å². The topological polar surface area (TPSA) is 81.3 Å². The van der Waals surface area contributed by atoms with Crippen LogP contribution >= 0.6 is 11.8 Å². The Morgan fingerprint density at radius 2 is 2.09 bits per heavy atom. The van der Waals surface area contributed by atoms with Gasteiger partial charge in [-0.3, -0.25) is 14.9 Å². The van der Waals surface area contributed by atoms with E-state index in [1.807, 2.05) is 0 Å². The molecule has 0 bridgehead atoms. The number of nitro groups is 1. The molecule has 1 atom stereocenters. The van der Waals surface area contributed by atoms with E-state index in [-0.39, 0.29) is 10.9 Å². The Hall–Kier alpha value is -2.35. The van der Waals surface area contributed by atoms with Gasteiger partial charge in [-0.05, 0) is 11.8 Å². The van der Waals surface area contributed by atoms with Gasteiger partial charge in [0.05, 0.1) is 10.5 Å². The highest BCUT2D eigenvalue weighted by molar-refractivity contribution is 8.13. The van der Waals surface area contributed by atoms with Crippen LogP contribution in [-0.2, 0) is 7.05 Å². The largest absolute Gasteiger partial charge is 0.340 e. The molecular weight excluding hydrogens is 304 g/mol. The fourth-order valence-electron chi connectivity index (χ4n) is 1.97. The summed E-state index contributed by atoms with van der Waals surface area (Å²) in [6.45, 7) is 0. The summed E-state index contributed by atoms with van der Waals surface area (Å²) in [7, 11) is 5.08. The number of thioether (sulfide) groups is 1. The van der Waals surface area contributed by atoms with Crippen LogP contribution in [-0.4, -0.2) is 38.7 Å². The Kier molecular flexibility index (Phi) is 4.81. The summed E-state index contributed by atoms with van der Waals surface area (Å²) in [4.78, 5) is 28.6. The molecule has 0 radical (unpaired) electrons. The Morgan fingerprint density at radius 3 is 2.64 bits per heavy atom. The quantitative estimate of drug-likeness (QED) is 0.639. The molecule has 2 aromatic rings. The van der Waals surface area contributed by atoms with Crippen LogP contribution in [0.5, 0.6) is 0 Å². The average Bonchev–Trinajstić information content (AvgIpc) is 2.90. The van der Waals surface area contributed by atoms with Gasteiger partial charge in [0, 0.05) is 39.6 Å². The maximum absolute atomic E-state index is 12.1. The second-order valence-corrected chi connectivity index (χ2v) is 5.93. The van der Waals surface area contributed by atoms with Crippen LogP contribution in [0.3, 0.4) is 0 Å². The van der Waals surface area contributed by atoms with Crippen LogP contribution in [0.15, 0.2) is 36.7 Å². The van der Waals surface area contributed by atoms with Gasteiger partial charge in [0.2, 0.25) is 0 Å². The van der Waals surface area contributed by atoms with E-state index in [9.17, 15) is 14.9 Å². The Bertz CT molecular complexity index is 699. The number of imidazole rings is 1. The number of nitro benzene ring substituents is 1. The van der Waals surface area contributed by atoms with Gasteiger partial charge in [-0.2, -0.15) is 0 Å². The number of hydrogen-bond acceptors (Lipinski definition) is 5. The zero-order chi connectivity index (χ0) is 16.3. The summed E-state index contributed by atoms with van der Waals surface area (Å²) in [5.74, 6) is 0.592. The van der Waals surface area contributed by atoms with Crippen molar-refractivity contribution in [2.24, 2.45) is 7.05 Å². The molecule has 0 spiro atoms. The summed E-state index contributed by atoms with van der Waals surface area (Å²) in [6, 6.07) is 6.42. The van der Waals surface area contributed by atoms with E-state index >= 15 is 0 Å². The summed E-state index contributed by atoms with van der Waals surface area (Å²) in [6.07, 6.45) is 3.36. The number of carbonyl (C=O) groups is 1. The highest BCUT2D eigenvalue weighted by atomic mass is 32.2. The SMILES string of the molecule is CN(C)C(=O)SC(c1ccccc1[N+](=O)[O-])c1nccn1C. The monoisotopic (exact) mass is 320 g/mol. The fraction of sp³-hybridized carbons (Fsp3) is 0.286. The van der Waals surface area contributed by atoms with E-state index in [1.165, 1.54) is 11.0 Å². The molecular formula is C14H16N4O3S. The lowest BCUT2D eigenvalue weighted by molar-refractivity contribution is -0.385. The summed E-state index contributed by atoms with van der Waals surface area (Å²) >= 11 is 1.01. The molecule has 1 heterocycles. The first-order valence-corrected chi connectivity index (χ1v) is 7.38. The minimum Gasteiger partial charge on any atom is -0.340 e. The van der Waals surface area contributed by atoms with Crippen LogP contribution in [0.2, 0.25) is 0 Å². The fourth-order valence-corrected chi connectivity index (χ4v) is 3.04. The number of carbonyl (C=O) groups excluding carboxylic acids is 1. The molecule has 0 aliphatic carbocycles. The van der Waals surface area contributed by atoms with E-state index in [0.29, 0.717) is 11.4 Å². The number of aryl methyl sites for hydroxylation is 1. The normalized spacial score (nSPS) is 12.0. The van der Waals surface area contributed by atoms with Crippen LogP contribution in [0, 0.1) is 10.1 Å².